The van der Waals surface area contributed by atoms with Crippen molar-refractivity contribution in [2.75, 3.05) is 13.1 Å². The molecule has 3 rings (SSSR count). The molecule has 1 N–H and O–H groups in total. The van der Waals surface area contributed by atoms with Crippen molar-refractivity contribution < 1.29 is 0 Å². The van der Waals surface area contributed by atoms with E-state index in [4.69, 9.17) is 0 Å². The number of nitrogens with zero attached hydrogens (tertiary/aromatic N) is 1. The highest BCUT2D eigenvalue weighted by Gasteiger charge is 2.18. The van der Waals surface area contributed by atoms with E-state index in [1.54, 1.807) is 0 Å². The van der Waals surface area contributed by atoms with Crippen LogP contribution in [-0.2, 0) is 13.1 Å². The van der Waals surface area contributed by atoms with E-state index in [1.807, 2.05) is 11.3 Å². The first kappa shape index (κ1) is 13.8. The maximum atomic E-state index is 3.69. The fourth-order valence-electron chi connectivity index (χ4n) is 2.78. The summed E-state index contributed by atoms with van der Waals surface area (Å²) in [4.78, 5) is 4.06. The molecule has 0 atom stereocenters. The van der Waals surface area contributed by atoms with Gasteiger partial charge in [0.25, 0.3) is 0 Å². The van der Waals surface area contributed by atoms with Crippen LogP contribution in [0, 0.1) is 0 Å². The third-order valence-corrected chi connectivity index (χ3v) is 4.85. The second-order valence-corrected chi connectivity index (χ2v) is 6.53. The van der Waals surface area contributed by atoms with Crippen molar-refractivity contribution in [2.24, 2.45) is 0 Å². The summed E-state index contributed by atoms with van der Waals surface area (Å²) in [5.74, 6) is 0. The monoisotopic (exact) mass is 286 g/mol. The van der Waals surface area contributed by atoms with Crippen LogP contribution in [0.15, 0.2) is 47.8 Å². The van der Waals surface area contributed by atoms with Gasteiger partial charge in [-0.25, -0.2) is 0 Å². The molecule has 1 aliphatic heterocycles. The van der Waals surface area contributed by atoms with Crippen molar-refractivity contribution in [3.8, 4) is 0 Å². The highest BCUT2D eigenvalue weighted by atomic mass is 32.1. The summed E-state index contributed by atoms with van der Waals surface area (Å²) in [6.07, 6.45) is 2.52. The number of rotatable bonds is 5. The molecule has 0 radical (unpaired) electrons. The second kappa shape index (κ2) is 7.02. The van der Waals surface area contributed by atoms with Gasteiger partial charge in [0.05, 0.1) is 0 Å². The molecular weight excluding hydrogens is 264 g/mol. The molecule has 0 aliphatic carbocycles. The number of hydrogen-bond acceptors (Lipinski definition) is 3. The Morgan fingerprint density at radius 1 is 1.05 bits per heavy atom. The van der Waals surface area contributed by atoms with Crippen molar-refractivity contribution in [1.29, 1.82) is 0 Å². The number of likely N-dealkylation sites (tertiary alicyclic amines) is 1. The van der Waals surface area contributed by atoms with Crippen molar-refractivity contribution in [1.82, 2.24) is 10.2 Å². The van der Waals surface area contributed by atoms with Crippen LogP contribution < -0.4 is 5.32 Å². The highest BCUT2D eigenvalue weighted by molar-refractivity contribution is 7.09. The fraction of sp³-hybridized carbons (Fsp3) is 0.412. The number of hydrogen-bond donors (Lipinski definition) is 1. The van der Waals surface area contributed by atoms with E-state index >= 15 is 0 Å². The van der Waals surface area contributed by atoms with Crippen LogP contribution in [0.3, 0.4) is 0 Å². The molecule has 3 heteroatoms. The van der Waals surface area contributed by atoms with Gasteiger partial charge in [0.1, 0.15) is 0 Å². The normalized spacial score (nSPS) is 17.4. The van der Waals surface area contributed by atoms with Crippen molar-refractivity contribution in [3.05, 3.63) is 58.3 Å². The number of thiophene rings is 1. The molecule has 2 nitrogen and oxygen atoms in total. The van der Waals surface area contributed by atoms with Crippen LogP contribution in [0.25, 0.3) is 0 Å². The van der Waals surface area contributed by atoms with Crippen molar-refractivity contribution in [2.45, 2.75) is 32.0 Å². The summed E-state index contributed by atoms with van der Waals surface area (Å²) >= 11 is 1.87. The molecule has 0 spiro atoms. The molecule has 1 aromatic carbocycles. The van der Waals surface area contributed by atoms with Crippen LogP contribution in [0.4, 0.5) is 0 Å². The van der Waals surface area contributed by atoms with E-state index < -0.39 is 0 Å². The molecular formula is C17H22N2S. The Balaban J connectivity index is 1.40. The maximum absolute atomic E-state index is 3.69. The summed E-state index contributed by atoms with van der Waals surface area (Å²) < 4.78 is 0. The van der Waals surface area contributed by atoms with Gasteiger partial charge in [0.2, 0.25) is 0 Å². The lowest BCUT2D eigenvalue weighted by Crippen LogP contribution is -2.41. The lowest BCUT2D eigenvalue weighted by atomic mass is 10.0. The molecule has 0 saturated carbocycles. The molecule has 0 bridgehead atoms. The lowest BCUT2D eigenvalue weighted by Gasteiger charge is -2.32. The Morgan fingerprint density at radius 2 is 1.85 bits per heavy atom. The van der Waals surface area contributed by atoms with Crippen LogP contribution in [0.5, 0.6) is 0 Å². The maximum Gasteiger partial charge on any atom is 0.0327 e. The summed E-state index contributed by atoms with van der Waals surface area (Å²) in [7, 11) is 0. The SMILES string of the molecule is c1ccc(CNC2CCN(Cc3cccs3)CC2)cc1. The van der Waals surface area contributed by atoms with E-state index in [0.717, 1.165) is 13.1 Å². The Morgan fingerprint density at radius 3 is 2.55 bits per heavy atom. The van der Waals surface area contributed by atoms with Crippen LogP contribution in [0.2, 0.25) is 0 Å². The minimum absolute atomic E-state index is 0.676. The zero-order valence-corrected chi connectivity index (χ0v) is 12.6. The average molecular weight is 286 g/mol. The molecule has 0 unspecified atom stereocenters. The molecule has 2 aromatic rings. The van der Waals surface area contributed by atoms with E-state index in [2.05, 4.69) is 58.1 Å². The molecule has 1 aromatic heterocycles. The predicted octanol–water partition coefficient (Wildman–Crippen LogP) is 3.50. The first-order valence-corrected chi connectivity index (χ1v) is 8.30. The Hall–Kier alpha value is -1.16. The minimum atomic E-state index is 0.676. The van der Waals surface area contributed by atoms with Gasteiger partial charge in [0, 0.05) is 24.0 Å². The van der Waals surface area contributed by atoms with Gasteiger partial charge in [-0.2, -0.15) is 0 Å². The predicted molar refractivity (Wildman–Crippen MR) is 85.9 cm³/mol. The summed E-state index contributed by atoms with van der Waals surface area (Å²) in [5.41, 5.74) is 1.38. The summed E-state index contributed by atoms with van der Waals surface area (Å²) in [5, 5.41) is 5.86. The quantitative estimate of drug-likeness (QED) is 0.905. The Bertz CT molecular complexity index is 487. The Labute approximate surface area is 125 Å². The van der Waals surface area contributed by atoms with Crippen molar-refractivity contribution in [3.63, 3.8) is 0 Å². The second-order valence-electron chi connectivity index (χ2n) is 5.50. The number of nitrogens with one attached hydrogen (secondary N) is 1. The van der Waals surface area contributed by atoms with E-state index in [9.17, 15) is 0 Å². The van der Waals surface area contributed by atoms with Gasteiger partial charge in [-0.3, -0.25) is 4.90 Å². The van der Waals surface area contributed by atoms with Crippen LogP contribution >= 0.6 is 11.3 Å². The summed E-state index contributed by atoms with van der Waals surface area (Å²) in [6.45, 7) is 4.55. The van der Waals surface area contributed by atoms with E-state index in [1.165, 1.54) is 36.4 Å². The van der Waals surface area contributed by atoms with Gasteiger partial charge < -0.3 is 5.32 Å². The topological polar surface area (TPSA) is 15.3 Å². The third kappa shape index (κ3) is 3.92. The lowest BCUT2D eigenvalue weighted by molar-refractivity contribution is 0.191. The average Bonchev–Trinajstić information content (AvgIpc) is 3.01. The molecule has 20 heavy (non-hydrogen) atoms. The first-order valence-electron chi connectivity index (χ1n) is 7.42. The molecule has 1 saturated heterocycles. The zero-order chi connectivity index (χ0) is 13.6. The smallest absolute Gasteiger partial charge is 0.0327 e. The Kier molecular flexibility index (Phi) is 4.85. The van der Waals surface area contributed by atoms with E-state index in [-0.39, 0.29) is 0 Å². The van der Waals surface area contributed by atoms with E-state index in [0.29, 0.717) is 6.04 Å². The number of piperidine rings is 1. The molecule has 2 heterocycles. The van der Waals surface area contributed by atoms with Crippen molar-refractivity contribution >= 4 is 11.3 Å². The third-order valence-electron chi connectivity index (χ3n) is 3.98. The van der Waals surface area contributed by atoms with Gasteiger partial charge in [-0.15, -0.1) is 11.3 Å². The largest absolute Gasteiger partial charge is 0.310 e. The molecule has 0 amide bonds. The minimum Gasteiger partial charge on any atom is -0.310 e. The summed E-state index contributed by atoms with van der Waals surface area (Å²) in [6, 6.07) is 15.7. The van der Waals surface area contributed by atoms with Gasteiger partial charge in [-0.1, -0.05) is 36.4 Å². The molecule has 106 valence electrons. The molecule has 1 aliphatic rings. The van der Waals surface area contributed by atoms with Crippen LogP contribution in [-0.4, -0.2) is 24.0 Å². The van der Waals surface area contributed by atoms with Crippen LogP contribution in [0.1, 0.15) is 23.3 Å². The first-order chi connectivity index (χ1) is 9.90. The fourth-order valence-corrected chi connectivity index (χ4v) is 3.52. The zero-order valence-electron chi connectivity index (χ0n) is 11.8. The van der Waals surface area contributed by atoms with Gasteiger partial charge in [0.15, 0.2) is 0 Å². The standard InChI is InChI=1S/C17H22N2S/c1-2-5-15(6-3-1)13-18-16-8-10-19(11-9-16)14-17-7-4-12-20-17/h1-7,12,16,18H,8-11,13-14H2. The van der Waals surface area contributed by atoms with Gasteiger partial charge >= 0.3 is 0 Å². The molecule has 1 fully saturated rings. The highest BCUT2D eigenvalue weighted by Crippen LogP contribution is 2.17. The number of benzene rings is 1. The van der Waals surface area contributed by atoms with Gasteiger partial charge in [-0.05, 0) is 42.9 Å².